The van der Waals surface area contributed by atoms with Crippen molar-refractivity contribution in [3.05, 3.63) is 101 Å². The molecule has 0 spiro atoms. The summed E-state index contributed by atoms with van der Waals surface area (Å²) < 4.78 is 10.7. The van der Waals surface area contributed by atoms with Gasteiger partial charge >= 0.3 is 0 Å². The molecular formula is C26H25N3O3. The summed E-state index contributed by atoms with van der Waals surface area (Å²) in [5.74, 6) is 0.897. The summed E-state index contributed by atoms with van der Waals surface area (Å²) in [7, 11) is 1.58. The number of rotatable bonds is 8. The summed E-state index contributed by atoms with van der Waals surface area (Å²) in [6.07, 6.45) is 2.05. The molecule has 2 aromatic carbocycles. The molecule has 0 aliphatic rings. The Morgan fingerprint density at radius 2 is 1.81 bits per heavy atom. The number of pyridine rings is 1. The average molecular weight is 428 g/mol. The minimum atomic E-state index is -0.0713. The highest BCUT2D eigenvalue weighted by molar-refractivity contribution is 5.96. The Bertz CT molecular complexity index is 1210. The Morgan fingerprint density at radius 3 is 2.53 bits per heavy atom. The average Bonchev–Trinajstić information content (AvgIpc) is 3.27. The predicted molar refractivity (Wildman–Crippen MR) is 121 cm³/mol. The van der Waals surface area contributed by atoms with Gasteiger partial charge in [0.15, 0.2) is 5.78 Å². The van der Waals surface area contributed by atoms with Crippen molar-refractivity contribution in [3.8, 4) is 11.5 Å². The normalized spacial score (nSPS) is 12.0. The summed E-state index contributed by atoms with van der Waals surface area (Å²) in [5, 5.41) is 8.08. The lowest BCUT2D eigenvalue weighted by Crippen LogP contribution is -2.11. The molecular weight excluding hydrogens is 402 g/mol. The van der Waals surface area contributed by atoms with Crippen LogP contribution in [0.1, 0.15) is 51.0 Å². The van der Waals surface area contributed by atoms with E-state index in [0.717, 1.165) is 27.9 Å². The first-order valence-electron chi connectivity index (χ1n) is 10.5. The molecule has 0 saturated heterocycles. The van der Waals surface area contributed by atoms with Crippen molar-refractivity contribution in [2.24, 2.45) is 0 Å². The Hall–Kier alpha value is -3.64. The van der Waals surface area contributed by atoms with Gasteiger partial charge in [-0.15, -0.1) is 10.2 Å². The van der Waals surface area contributed by atoms with Gasteiger partial charge in [-0.2, -0.15) is 0 Å². The van der Waals surface area contributed by atoms with Crippen molar-refractivity contribution < 1.29 is 13.9 Å². The van der Waals surface area contributed by atoms with Crippen LogP contribution in [0.4, 0.5) is 0 Å². The highest BCUT2D eigenvalue weighted by atomic mass is 16.5. The van der Waals surface area contributed by atoms with Crippen LogP contribution >= 0.6 is 0 Å². The number of carbonyl (C=O) groups is 1. The summed E-state index contributed by atoms with van der Waals surface area (Å²) in [4.78, 5) is 17.3. The molecule has 4 rings (SSSR count). The van der Waals surface area contributed by atoms with Gasteiger partial charge in [-0.25, -0.2) is 0 Å². The molecule has 0 aliphatic heterocycles. The third kappa shape index (κ3) is 4.81. The van der Waals surface area contributed by atoms with Crippen LogP contribution in [-0.4, -0.2) is 28.1 Å². The molecule has 0 radical (unpaired) electrons. The molecule has 0 N–H and O–H groups in total. The first-order valence-corrected chi connectivity index (χ1v) is 10.5. The molecule has 0 saturated carbocycles. The Morgan fingerprint density at radius 1 is 1.03 bits per heavy atom. The van der Waals surface area contributed by atoms with Gasteiger partial charge in [0.1, 0.15) is 6.61 Å². The second kappa shape index (κ2) is 9.66. The van der Waals surface area contributed by atoms with Crippen LogP contribution < -0.4 is 0 Å². The zero-order valence-corrected chi connectivity index (χ0v) is 18.4. The van der Waals surface area contributed by atoms with Crippen molar-refractivity contribution in [1.82, 2.24) is 15.2 Å². The third-order valence-corrected chi connectivity index (χ3v) is 5.47. The Kier molecular flexibility index (Phi) is 6.52. The largest absolute Gasteiger partial charge is 0.418 e. The first kappa shape index (κ1) is 21.6. The molecule has 4 aromatic rings. The van der Waals surface area contributed by atoms with E-state index >= 15 is 0 Å². The molecule has 1 atom stereocenters. The number of aryl methyl sites for hydroxylation is 2. The minimum Gasteiger partial charge on any atom is -0.418 e. The van der Waals surface area contributed by atoms with Crippen molar-refractivity contribution in [2.75, 3.05) is 7.11 Å². The fraction of sp³-hybridized carbons (Fsp3) is 0.231. The van der Waals surface area contributed by atoms with Gasteiger partial charge in [0.25, 0.3) is 0 Å². The fourth-order valence-corrected chi connectivity index (χ4v) is 3.82. The molecule has 0 fully saturated rings. The standard InChI is InChI=1S/C26H25N3O3/c1-17-6-4-5-7-22(17)23(15-24(30)21-12-13-27-18(2)14-21)19-8-10-20(11-9-19)26-29-28-25(32-26)16-31-3/h4-14,23H,15-16H2,1-3H3/t23-/m1/s1. The number of nitrogens with zero attached hydrogens (tertiary/aromatic N) is 3. The zero-order chi connectivity index (χ0) is 22.5. The van der Waals surface area contributed by atoms with E-state index in [1.54, 1.807) is 19.4 Å². The van der Waals surface area contributed by atoms with E-state index in [9.17, 15) is 4.79 Å². The molecule has 0 unspecified atom stereocenters. The molecule has 32 heavy (non-hydrogen) atoms. The topological polar surface area (TPSA) is 78.1 Å². The van der Waals surface area contributed by atoms with Gasteiger partial charge in [-0.1, -0.05) is 36.4 Å². The number of hydrogen-bond donors (Lipinski definition) is 0. The smallest absolute Gasteiger partial charge is 0.247 e. The van der Waals surface area contributed by atoms with E-state index in [1.807, 2.05) is 49.4 Å². The lowest BCUT2D eigenvalue weighted by Gasteiger charge is -2.20. The number of ketones is 1. The van der Waals surface area contributed by atoms with Crippen molar-refractivity contribution in [1.29, 1.82) is 0 Å². The minimum absolute atomic E-state index is 0.0713. The third-order valence-electron chi connectivity index (χ3n) is 5.47. The molecule has 6 nitrogen and oxygen atoms in total. The maximum Gasteiger partial charge on any atom is 0.247 e. The van der Waals surface area contributed by atoms with Gasteiger partial charge in [-0.05, 0) is 54.8 Å². The number of Topliss-reactive ketones (excluding diaryl/α,β-unsaturated/α-hetero) is 1. The highest BCUT2D eigenvalue weighted by Gasteiger charge is 2.21. The highest BCUT2D eigenvalue weighted by Crippen LogP contribution is 2.33. The van der Waals surface area contributed by atoms with Gasteiger partial charge in [0.2, 0.25) is 11.8 Å². The van der Waals surface area contributed by atoms with Crippen molar-refractivity contribution in [3.63, 3.8) is 0 Å². The van der Waals surface area contributed by atoms with Crippen LogP contribution in [0.2, 0.25) is 0 Å². The molecule has 162 valence electrons. The number of hydrogen-bond acceptors (Lipinski definition) is 6. The first-order chi connectivity index (χ1) is 15.5. The molecule has 0 bridgehead atoms. The molecule has 2 heterocycles. The number of methoxy groups -OCH3 is 1. The lowest BCUT2D eigenvalue weighted by atomic mass is 9.83. The maximum atomic E-state index is 13.1. The summed E-state index contributed by atoms with van der Waals surface area (Å²) in [6.45, 7) is 4.24. The van der Waals surface area contributed by atoms with Crippen LogP contribution in [0.3, 0.4) is 0 Å². The summed E-state index contributed by atoms with van der Waals surface area (Å²) in [5.41, 5.74) is 5.69. The Labute approximate surface area is 187 Å². The van der Waals surface area contributed by atoms with Crippen LogP contribution in [0, 0.1) is 13.8 Å². The maximum absolute atomic E-state index is 13.1. The van der Waals surface area contributed by atoms with E-state index < -0.39 is 0 Å². The summed E-state index contributed by atoms with van der Waals surface area (Å²) in [6, 6.07) is 19.8. The summed E-state index contributed by atoms with van der Waals surface area (Å²) >= 11 is 0. The monoisotopic (exact) mass is 427 g/mol. The van der Waals surface area contributed by atoms with Crippen molar-refractivity contribution in [2.45, 2.75) is 32.8 Å². The molecule has 0 aliphatic carbocycles. The molecule has 6 heteroatoms. The van der Waals surface area contributed by atoms with Crippen LogP contribution in [0.25, 0.3) is 11.5 Å². The van der Waals surface area contributed by atoms with Crippen molar-refractivity contribution >= 4 is 5.78 Å². The van der Waals surface area contributed by atoms with Gasteiger partial charge < -0.3 is 9.15 Å². The number of carbonyl (C=O) groups excluding carboxylic acids is 1. The Balaban J connectivity index is 1.65. The second-order valence-corrected chi connectivity index (χ2v) is 7.78. The van der Waals surface area contributed by atoms with Gasteiger partial charge in [-0.3, -0.25) is 9.78 Å². The second-order valence-electron chi connectivity index (χ2n) is 7.78. The zero-order valence-electron chi connectivity index (χ0n) is 18.4. The number of ether oxygens (including phenoxy) is 1. The number of benzene rings is 2. The van der Waals surface area contributed by atoms with Gasteiger partial charge in [0.05, 0.1) is 0 Å². The van der Waals surface area contributed by atoms with E-state index in [2.05, 4.69) is 34.2 Å². The lowest BCUT2D eigenvalue weighted by molar-refractivity contribution is 0.0977. The van der Waals surface area contributed by atoms with Gasteiger partial charge in [0, 0.05) is 42.5 Å². The van der Waals surface area contributed by atoms with Crippen LogP contribution in [-0.2, 0) is 11.3 Å². The fourth-order valence-electron chi connectivity index (χ4n) is 3.82. The predicted octanol–water partition coefficient (Wildman–Crippen LogP) is 5.30. The quantitative estimate of drug-likeness (QED) is 0.355. The number of aromatic nitrogens is 3. The molecule has 2 aromatic heterocycles. The van der Waals surface area contributed by atoms with E-state index in [0.29, 0.717) is 23.8 Å². The van der Waals surface area contributed by atoms with Crippen LogP contribution in [0.15, 0.2) is 71.3 Å². The van der Waals surface area contributed by atoms with E-state index in [1.165, 1.54) is 0 Å². The van der Waals surface area contributed by atoms with E-state index in [4.69, 9.17) is 9.15 Å². The SMILES string of the molecule is COCc1nnc(-c2ccc([C@@H](CC(=O)c3ccnc(C)c3)c3ccccc3C)cc2)o1. The molecule has 0 amide bonds. The van der Waals surface area contributed by atoms with Crippen LogP contribution in [0.5, 0.6) is 0 Å². The van der Waals surface area contributed by atoms with E-state index in [-0.39, 0.29) is 18.3 Å².